The average molecular weight is 446 g/mol. The minimum Gasteiger partial charge on any atom is -0.496 e. The molecule has 0 saturated carbocycles. The van der Waals surface area contributed by atoms with Crippen molar-refractivity contribution < 1.29 is 19.1 Å². The molecular formula is C22H24BrNO4. The van der Waals surface area contributed by atoms with Gasteiger partial charge in [0.1, 0.15) is 11.5 Å². The number of nitrogens with zero attached hydrogens (tertiary/aromatic N) is 1. The number of hydrogen-bond donors (Lipinski definition) is 0. The van der Waals surface area contributed by atoms with Crippen LogP contribution in [0.15, 0.2) is 53.0 Å². The molecule has 0 spiro atoms. The number of halogens is 1. The van der Waals surface area contributed by atoms with E-state index >= 15 is 0 Å². The molecule has 0 heterocycles. The first kappa shape index (κ1) is 21.7. The van der Waals surface area contributed by atoms with Crippen molar-refractivity contribution >= 4 is 33.7 Å². The molecule has 2 aromatic carbocycles. The summed E-state index contributed by atoms with van der Waals surface area (Å²) in [5, 5.41) is 0. The zero-order valence-corrected chi connectivity index (χ0v) is 17.9. The largest absolute Gasteiger partial charge is 0.496 e. The van der Waals surface area contributed by atoms with Crippen LogP contribution in [-0.4, -0.2) is 43.4 Å². The number of carbonyl (C=O) groups is 2. The second-order valence-electron chi connectivity index (χ2n) is 5.96. The van der Waals surface area contributed by atoms with Crippen LogP contribution in [0.2, 0.25) is 0 Å². The van der Waals surface area contributed by atoms with Crippen molar-refractivity contribution in [2.75, 3.05) is 26.8 Å². The van der Waals surface area contributed by atoms with Crippen LogP contribution in [0, 0.1) is 0 Å². The molecule has 5 nitrogen and oxygen atoms in total. The number of methoxy groups -OCH3 is 1. The first-order valence-electron chi connectivity index (χ1n) is 9.05. The molecule has 148 valence electrons. The Morgan fingerprint density at radius 3 is 2.36 bits per heavy atom. The smallest absolute Gasteiger partial charge is 0.260 e. The van der Waals surface area contributed by atoms with E-state index in [9.17, 15) is 9.59 Å². The standard InChI is InChI=1S/C22H24BrNO4/c1-4-24(5-2)22(26)15-28-19-10-6-16(7-11-19)20(25)12-8-17-14-18(23)9-13-21(17)27-3/h6-14H,4-5,15H2,1-3H3. The van der Waals surface area contributed by atoms with Gasteiger partial charge >= 0.3 is 0 Å². The first-order chi connectivity index (χ1) is 13.5. The predicted octanol–water partition coefficient (Wildman–Crippen LogP) is 4.60. The van der Waals surface area contributed by atoms with Crippen molar-refractivity contribution in [1.29, 1.82) is 0 Å². The van der Waals surface area contributed by atoms with Gasteiger partial charge in [-0.2, -0.15) is 0 Å². The van der Waals surface area contributed by atoms with Gasteiger partial charge in [0.2, 0.25) is 0 Å². The molecule has 0 radical (unpaired) electrons. The second-order valence-corrected chi connectivity index (χ2v) is 6.88. The summed E-state index contributed by atoms with van der Waals surface area (Å²) in [5.41, 5.74) is 1.34. The maximum atomic E-state index is 12.4. The summed E-state index contributed by atoms with van der Waals surface area (Å²) in [7, 11) is 1.59. The predicted molar refractivity (Wildman–Crippen MR) is 114 cm³/mol. The van der Waals surface area contributed by atoms with Gasteiger partial charge in [0, 0.05) is 28.7 Å². The van der Waals surface area contributed by atoms with Gasteiger partial charge in [0.15, 0.2) is 12.4 Å². The number of hydrogen-bond acceptors (Lipinski definition) is 4. The summed E-state index contributed by atoms with van der Waals surface area (Å²) in [6.45, 7) is 5.15. The van der Waals surface area contributed by atoms with Crippen LogP contribution in [0.3, 0.4) is 0 Å². The molecule has 2 aromatic rings. The van der Waals surface area contributed by atoms with E-state index in [-0.39, 0.29) is 18.3 Å². The highest BCUT2D eigenvalue weighted by Gasteiger charge is 2.10. The summed E-state index contributed by atoms with van der Waals surface area (Å²) in [4.78, 5) is 26.1. The third-order valence-corrected chi connectivity index (χ3v) is 4.72. The van der Waals surface area contributed by atoms with Crippen molar-refractivity contribution in [2.45, 2.75) is 13.8 Å². The summed E-state index contributed by atoms with van der Waals surface area (Å²) in [6, 6.07) is 12.3. The highest BCUT2D eigenvalue weighted by molar-refractivity contribution is 9.10. The van der Waals surface area contributed by atoms with E-state index in [2.05, 4.69) is 15.9 Å². The molecule has 0 atom stereocenters. The molecule has 0 aromatic heterocycles. The molecule has 2 rings (SSSR count). The number of amides is 1. The molecule has 0 N–H and O–H groups in total. The van der Waals surface area contributed by atoms with Crippen LogP contribution in [0.4, 0.5) is 0 Å². The number of rotatable bonds is 9. The molecule has 28 heavy (non-hydrogen) atoms. The Hall–Kier alpha value is -2.60. The number of carbonyl (C=O) groups excluding carboxylic acids is 2. The highest BCUT2D eigenvalue weighted by atomic mass is 79.9. The Balaban J connectivity index is 2.00. The Morgan fingerprint density at radius 1 is 1.07 bits per heavy atom. The molecule has 0 unspecified atom stereocenters. The van der Waals surface area contributed by atoms with Gasteiger partial charge in [-0.25, -0.2) is 0 Å². The van der Waals surface area contributed by atoms with Crippen LogP contribution in [0.25, 0.3) is 6.08 Å². The molecule has 0 fully saturated rings. The third-order valence-electron chi connectivity index (χ3n) is 4.22. The fourth-order valence-corrected chi connectivity index (χ4v) is 3.00. The van der Waals surface area contributed by atoms with Gasteiger partial charge in [0.05, 0.1) is 7.11 Å². The van der Waals surface area contributed by atoms with Crippen LogP contribution in [0.1, 0.15) is 29.8 Å². The summed E-state index contributed by atoms with van der Waals surface area (Å²) in [6.07, 6.45) is 3.23. The van der Waals surface area contributed by atoms with Gasteiger partial charge in [0.25, 0.3) is 5.91 Å². The number of ether oxygens (including phenoxy) is 2. The maximum Gasteiger partial charge on any atom is 0.260 e. The Kier molecular flexibility index (Phi) is 8.26. The Bertz CT molecular complexity index is 842. The van der Waals surface area contributed by atoms with Crippen molar-refractivity contribution in [1.82, 2.24) is 4.90 Å². The second kappa shape index (κ2) is 10.7. The average Bonchev–Trinajstić information content (AvgIpc) is 2.71. The van der Waals surface area contributed by atoms with E-state index in [0.717, 1.165) is 10.0 Å². The van der Waals surface area contributed by atoms with Gasteiger partial charge in [-0.3, -0.25) is 9.59 Å². The summed E-state index contributed by atoms with van der Waals surface area (Å²) >= 11 is 3.41. The van der Waals surface area contributed by atoms with Crippen LogP contribution >= 0.6 is 15.9 Å². The minimum atomic E-state index is -0.132. The van der Waals surface area contributed by atoms with Crippen LogP contribution in [-0.2, 0) is 4.79 Å². The van der Waals surface area contributed by atoms with Crippen molar-refractivity contribution in [3.8, 4) is 11.5 Å². The summed E-state index contributed by atoms with van der Waals surface area (Å²) < 4.78 is 11.7. The lowest BCUT2D eigenvalue weighted by Crippen LogP contribution is -2.34. The van der Waals surface area contributed by atoms with Crippen LogP contribution < -0.4 is 9.47 Å². The molecule has 1 amide bonds. The van der Waals surface area contributed by atoms with E-state index in [1.807, 2.05) is 32.0 Å². The number of benzene rings is 2. The van der Waals surface area contributed by atoms with E-state index in [1.165, 1.54) is 6.08 Å². The Labute approximate surface area is 174 Å². The molecular weight excluding hydrogens is 422 g/mol. The maximum absolute atomic E-state index is 12.4. The lowest BCUT2D eigenvalue weighted by atomic mass is 10.1. The Morgan fingerprint density at radius 2 is 1.75 bits per heavy atom. The lowest BCUT2D eigenvalue weighted by Gasteiger charge is -2.18. The minimum absolute atomic E-state index is 0.0163. The molecule has 0 aliphatic rings. The first-order valence-corrected chi connectivity index (χ1v) is 9.84. The number of likely N-dealkylation sites (N-methyl/N-ethyl adjacent to an activating group) is 1. The zero-order valence-electron chi connectivity index (χ0n) is 16.3. The number of ketones is 1. The SMILES string of the molecule is CCN(CC)C(=O)COc1ccc(C(=O)C=Cc2cc(Br)ccc2OC)cc1. The monoisotopic (exact) mass is 445 g/mol. The lowest BCUT2D eigenvalue weighted by molar-refractivity contribution is -0.132. The van der Waals surface area contributed by atoms with Crippen molar-refractivity contribution in [3.63, 3.8) is 0 Å². The third kappa shape index (κ3) is 5.96. The molecule has 0 aliphatic heterocycles. The highest BCUT2D eigenvalue weighted by Crippen LogP contribution is 2.24. The van der Waals surface area contributed by atoms with E-state index in [4.69, 9.17) is 9.47 Å². The molecule has 0 aliphatic carbocycles. The number of allylic oxidation sites excluding steroid dienone is 1. The van der Waals surface area contributed by atoms with E-state index < -0.39 is 0 Å². The van der Waals surface area contributed by atoms with Crippen molar-refractivity contribution in [3.05, 3.63) is 64.1 Å². The zero-order chi connectivity index (χ0) is 20.5. The van der Waals surface area contributed by atoms with E-state index in [1.54, 1.807) is 42.4 Å². The van der Waals surface area contributed by atoms with Crippen LogP contribution in [0.5, 0.6) is 11.5 Å². The fourth-order valence-electron chi connectivity index (χ4n) is 2.63. The van der Waals surface area contributed by atoms with Gasteiger partial charge in [-0.05, 0) is 68.5 Å². The van der Waals surface area contributed by atoms with Crippen molar-refractivity contribution in [2.24, 2.45) is 0 Å². The molecule has 0 saturated heterocycles. The summed E-state index contributed by atoms with van der Waals surface area (Å²) in [5.74, 6) is 1.05. The normalized spacial score (nSPS) is 10.7. The van der Waals surface area contributed by atoms with Gasteiger partial charge in [-0.15, -0.1) is 0 Å². The fraction of sp³-hybridized carbons (Fsp3) is 0.273. The molecule has 6 heteroatoms. The molecule has 0 bridgehead atoms. The van der Waals surface area contributed by atoms with Gasteiger partial charge < -0.3 is 14.4 Å². The van der Waals surface area contributed by atoms with Gasteiger partial charge in [-0.1, -0.05) is 15.9 Å². The quantitative estimate of drug-likeness (QED) is 0.417. The topological polar surface area (TPSA) is 55.8 Å². The van der Waals surface area contributed by atoms with E-state index in [0.29, 0.717) is 30.2 Å².